The molecular weight excluding hydrogens is 529 g/mol. The molecule has 8 heteroatoms. The first-order valence-corrected chi connectivity index (χ1v) is 14.0. The van der Waals surface area contributed by atoms with E-state index in [0.29, 0.717) is 23.4 Å². The second-order valence-electron chi connectivity index (χ2n) is 10.8. The predicted molar refractivity (Wildman–Crippen MR) is 156 cm³/mol. The number of carbonyl (C=O) groups excluding carboxylic acids is 1. The Kier molecular flexibility index (Phi) is 9.82. The van der Waals surface area contributed by atoms with Crippen molar-refractivity contribution in [2.75, 3.05) is 26.7 Å². The highest BCUT2D eigenvalue weighted by Gasteiger charge is 2.42. The van der Waals surface area contributed by atoms with Gasteiger partial charge in [0.2, 0.25) is 5.91 Å². The Balaban J connectivity index is 0.000000240. The molecule has 1 saturated heterocycles. The molecule has 3 aromatic rings. The second kappa shape index (κ2) is 13.3. The lowest BCUT2D eigenvalue weighted by molar-refractivity contribution is -0.121. The minimum Gasteiger partial charge on any atom is -0.465 e. The second-order valence-corrected chi connectivity index (χ2v) is 11.2. The predicted octanol–water partition coefficient (Wildman–Crippen LogP) is 6.51. The van der Waals surface area contributed by atoms with Gasteiger partial charge in [-0.1, -0.05) is 72.3 Å². The molecule has 212 valence electrons. The van der Waals surface area contributed by atoms with Gasteiger partial charge in [0.25, 0.3) is 0 Å². The maximum Gasteiger partial charge on any atom is 0.407 e. The van der Waals surface area contributed by atoms with Gasteiger partial charge in [-0.25, -0.2) is 9.18 Å². The van der Waals surface area contributed by atoms with E-state index in [1.54, 1.807) is 25.1 Å². The van der Waals surface area contributed by atoms with Crippen LogP contribution in [0.2, 0.25) is 5.02 Å². The van der Waals surface area contributed by atoms with Crippen molar-refractivity contribution < 1.29 is 19.1 Å². The molecule has 0 bridgehead atoms. The van der Waals surface area contributed by atoms with Crippen LogP contribution in [0.3, 0.4) is 0 Å². The Morgan fingerprint density at radius 2 is 1.65 bits per heavy atom. The molecule has 0 radical (unpaired) electrons. The van der Waals surface area contributed by atoms with Crippen LogP contribution in [-0.2, 0) is 16.9 Å². The largest absolute Gasteiger partial charge is 0.465 e. The number of nitrogens with one attached hydrogen (secondary N) is 1. The standard InChI is InChI=1S/C23H27FN2O.C9H10ClNO2/c1-17(27)25-23(20-5-3-2-4-6-20)11-13-26(14-12-23)16-19-15-22(19)18-7-9-21(24)10-8-18;1-11(9(12)13)6-7-4-2-3-5-8(7)10/h2-10,19,22H,11-16H2,1H3,(H,25,27);2-5H,6H2,1H3,(H,12,13)/t19-,22+;/m0./s1. The van der Waals surface area contributed by atoms with E-state index in [1.165, 1.54) is 29.5 Å². The normalized spacial score (nSPS) is 19.6. The van der Waals surface area contributed by atoms with Gasteiger partial charge in [0.05, 0.1) is 12.1 Å². The van der Waals surface area contributed by atoms with Crippen molar-refractivity contribution in [3.05, 3.63) is 106 Å². The first-order chi connectivity index (χ1) is 19.2. The number of likely N-dealkylation sites (tertiary alicyclic amines) is 1. The lowest BCUT2D eigenvalue weighted by Crippen LogP contribution is -2.52. The molecule has 0 unspecified atom stereocenters. The van der Waals surface area contributed by atoms with Crippen LogP contribution in [0.25, 0.3) is 0 Å². The minimum absolute atomic E-state index is 0.0332. The van der Waals surface area contributed by atoms with Gasteiger partial charge >= 0.3 is 6.09 Å². The zero-order valence-corrected chi connectivity index (χ0v) is 23.8. The quantitative estimate of drug-likeness (QED) is 0.343. The number of nitrogens with zero attached hydrogens (tertiary/aromatic N) is 2. The van der Waals surface area contributed by atoms with Crippen LogP contribution in [-0.4, -0.2) is 53.6 Å². The van der Waals surface area contributed by atoms with Crippen LogP contribution in [0.4, 0.5) is 9.18 Å². The molecule has 2 amide bonds. The van der Waals surface area contributed by atoms with E-state index < -0.39 is 6.09 Å². The van der Waals surface area contributed by atoms with Crippen molar-refractivity contribution in [3.63, 3.8) is 0 Å². The zero-order chi connectivity index (χ0) is 28.7. The molecule has 0 aromatic heterocycles. The topological polar surface area (TPSA) is 72.9 Å². The van der Waals surface area contributed by atoms with Crippen LogP contribution in [0.1, 0.15) is 48.8 Å². The number of hydrogen-bond donors (Lipinski definition) is 2. The number of benzene rings is 3. The number of hydrogen-bond acceptors (Lipinski definition) is 3. The molecule has 2 N–H and O–H groups in total. The third kappa shape index (κ3) is 7.83. The van der Waals surface area contributed by atoms with Gasteiger partial charge in [0, 0.05) is 38.6 Å². The van der Waals surface area contributed by atoms with Gasteiger partial charge in [0.15, 0.2) is 0 Å². The van der Waals surface area contributed by atoms with E-state index in [1.807, 2.05) is 48.5 Å². The molecule has 2 aliphatic rings. The molecule has 1 aliphatic heterocycles. The first kappa shape index (κ1) is 29.6. The van der Waals surface area contributed by atoms with Crippen molar-refractivity contribution in [1.29, 1.82) is 0 Å². The zero-order valence-electron chi connectivity index (χ0n) is 23.0. The van der Waals surface area contributed by atoms with E-state index in [0.717, 1.165) is 38.0 Å². The fourth-order valence-electron chi connectivity index (χ4n) is 5.55. The van der Waals surface area contributed by atoms with Crippen molar-refractivity contribution in [1.82, 2.24) is 15.1 Å². The van der Waals surface area contributed by atoms with E-state index in [2.05, 4.69) is 22.3 Å². The first-order valence-electron chi connectivity index (χ1n) is 13.7. The molecule has 1 heterocycles. The van der Waals surface area contributed by atoms with Gasteiger partial charge in [-0.3, -0.25) is 4.79 Å². The summed E-state index contributed by atoms with van der Waals surface area (Å²) < 4.78 is 13.1. The Bertz CT molecular complexity index is 1280. The Labute approximate surface area is 240 Å². The van der Waals surface area contributed by atoms with Crippen LogP contribution >= 0.6 is 11.6 Å². The van der Waals surface area contributed by atoms with Gasteiger partial charge in [-0.2, -0.15) is 0 Å². The molecule has 6 nitrogen and oxygen atoms in total. The van der Waals surface area contributed by atoms with Crippen molar-refractivity contribution in [2.45, 2.75) is 44.2 Å². The number of piperidine rings is 1. The fraction of sp³-hybridized carbons (Fsp3) is 0.375. The smallest absolute Gasteiger partial charge is 0.407 e. The van der Waals surface area contributed by atoms with Gasteiger partial charge in [0.1, 0.15) is 5.82 Å². The Morgan fingerprint density at radius 1 is 1.02 bits per heavy atom. The van der Waals surface area contributed by atoms with Crippen LogP contribution in [0.15, 0.2) is 78.9 Å². The summed E-state index contributed by atoms with van der Waals surface area (Å²) in [5, 5.41) is 12.5. The van der Waals surface area contributed by atoms with Crippen molar-refractivity contribution >= 4 is 23.6 Å². The Morgan fingerprint density at radius 3 is 2.25 bits per heavy atom. The molecular formula is C32H37ClFN3O3. The number of amides is 2. The van der Waals surface area contributed by atoms with Crippen LogP contribution in [0.5, 0.6) is 0 Å². The fourth-order valence-corrected chi connectivity index (χ4v) is 5.74. The highest BCUT2D eigenvalue weighted by atomic mass is 35.5. The van der Waals surface area contributed by atoms with E-state index in [4.69, 9.17) is 16.7 Å². The van der Waals surface area contributed by atoms with Crippen LogP contribution in [0, 0.1) is 11.7 Å². The summed E-state index contributed by atoms with van der Waals surface area (Å²) in [5.74, 6) is 1.11. The van der Waals surface area contributed by atoms with Crippen LogP contribution < -0.4 is 5.32 Å². The monoisotopic (exact) mass is 565 g/mol. The third-order valence-electron chi connectivity index (χ3n) is 7.86. The molecule has 2 atom stereocenters. The number of carbonyl (C=O) groups is 2. The highest BCUT2D eigenvalue weighted by molar-refractivity contribution is 6.31. The average Bonchev–Trinajstić information content (AvgIpc) is 3.71. The van der Waals surface area contributed by atoms with Crippen molar-refractivity contribution in [2.24, 2.45) is 5.92 Å². The summed E-state index contributed by atoms with van der Waals surface area (Å²) in [6, 6.07) is 24.5. The molecule has 3 aromatic carbocycles. The van der Waals surface area contributed by atoms with Gasteiger partial charge < -0.3 is 20.2 Å². The minimum atomic E-state index is -0.958. The molecule has 0 spiro atoms. The lowest BCUT2D eigenvalue weighted by atomic mass is 9.80. The summed E-state index contributed by atoms with van der Waals surface area (Å²) in [6.07, 6.45) is 2.10. The number of rotatable bonds is 7. The van der Waals surface area contributed by atoms with E-state index in [-0.39, 0.29) is 17.3 Å². The molecule has 1 aliphatic carbocycles. The molecule has 40 heavy (non-hydrogen) atoms. The summed E-state index contributed by atoms with van der Waals surface area (Å²) in [7, 11) is 1.51. The average molecular weight is 566 g/mol. The molecule has 2 fully saturated rings. The molecule has 5 rings (SSSR count). The lowest BCUT2D eigenvalue weighted by Gasteiger charge is -2.43. The summed E-state index contributed by atoms with van der Waals surface area (Å²) >= 11 is 5.85. The third-order valence-corrected chi connectivity index (χ3v) is 8.23. The van der Waals surface area contributed by atoms with Crippen molar-refractivity contribution in [3.8, 4) is 0 Å². The van der Waals surface area contributed by atoms with E-state index in [9.17, 15) is 14.0 Å². The summed E-state index contributed by atoms with van der Waals surface area (Å²) in [5.41, 5.74) is 3.03. The Hall–Kier alpha value is -3.42. The van der Waals surface area contributed by atoms with E-state index >= 15 is 0 Å². The molecule has 1 saturated carbocycles. The number of carboxylic acid groups (broad SMARTS) is 1. The highest BCUT2D eigenvalue weighted by Crippen LogP contribution is 2.48. The SMILES string of the molecule is CC(=O)NC1(c2ccccc2)CCN(C[C@@H]2C[C@@H]2c2ccc(F)cc2)CC1.CN(Cc1ccccc1Cl)C(=O)O. The summed E-state index contributed by atoms with van der Waals surface area (Å²) in [6.45, 7) is 4.99. The number of halogens is 2. The maximum atomic E-state index is 13.1. The summed E-state index contributed by atoms with van der Waals surface area (Å²) in [4.78, 5) is 26.0. The maximum absolute atomic E-state index is 13.1. The van der Waals surface area contributed by atoms with Gasteiger partial charge in [-0.05, 0) is 66.0 Å². The van der Waals surface area contributed by atoms with Gasteiger partial charge in [-0.15, -0.1) is 0 Å².